The maximum Gasteiger partial charge on any atom is 0.407 e. The van der Waals surface area contributed by atoms with Crippen LogP contribution in [0.15, 0.2) is 0 Å². The fourth-order valence-corrected chi connectivity index (χ4v) is 1.94. The highest BCUT2D eigenvalue weighted by Gasteiger charge is 2.30. The zero-order valence-electron chi connectivity index (χ0n) is 12.0. The normalized spacial score (nSPS) is 23.6. The van der Waals surface area contributed by atoms with Crippen molar-refractivity contribution in [2.75, 3.05) is 20.3 Å². The molecule has 110 valence electrons. The molecule has 2 atom stereocenters. The van der Waals surface area contributed by atoms with Crippen LogP contribution in [0.5, 0.6) is 0 Å². The minimum Gasteiger partial charge on any atom is -0.469 e. The van der Waals surface area contributed by atoms with Gasteiger partial charge in [0.1, 0.15) is 5.60 Å². The monoisotopic (exact) mass is 273 g/mol. The number of esters is 1. The minimum absolute atomic E-state index is 0.0753. The van der Waals surface area contributed by atoms with E-state index in [-0.39, 0.29) is 24.3 Å². The van der Waals surface area contributed by atoms with Crippen LogP contribution in [0.1, 0.15) is 33.6 Å². The number of hydrogen-bond donors (Lipinski definition) is 1. The van der Waals surface area contributed by atoms with Crippen molar-refractivity contribution in [1.82, 2.24) is 5.32 Å². The first-order valence-electron chi connectivity index (χ1n) is 6.46. The second kappa shape index (κ2) is 6.75. The number of hydrogen-bond acceptors (Lipinski definition) is 5. The van der Waals surface area contributed by atoms with Crippen molar-refractivity contribution in [2.24, 2.45) is 5.92 Å². The molecule has 0 spiro atoms. The molecule has 1 aliphatic rings. The summed E-state index contributed by atoms with van der Waals surface area (Å²) in [5.41, 5.74) is -0.535. The lowest BCUT2D eigenvalue weighted by Crippen LogP contribution is -2.47. The molecule has 0 saturated carbocycles. The first kappa shape index (κ1) is 15.8. The molecule has 1 amide bonds. The Morgan fingerprint density at radius 3 is 2.63 bits per heavy atom. The first-order valence-corrected chi connectivity index (χ1v) is 6.46. The molecule has 1 fully saturated rings. The Kier molecular flexibility index (Phi) is 5.60. The third-order valence-corrected chi connectivity index (χ3v) is 2.83. The fraction of sp³-hybridized carbons (Fsp3) is 0.846. The van der Waals surface area contributed by atoms with Gasteiger partial charge in [0.05, 0.1) is 20.1 Å². The summed E-state index contributed by atoms with van der Waals surface area (Å²) in [6.07, 6.45) is 0.437. The molecule has 0 aliphatic carbocycles. The van der Waals surface area contributed by atoms with Gasteiger partial charge in [0.25, 0.3) is 0 Å². The van der Waals surface area contributed by atoms with E-state index in [2.05, 4.69) is 10.1 Å². The smallest absolute Gasteiger partial charge is 0.407 e. The quantitative estimate of drug-likeness (QED) is 0.788. The molecule has 0 radical (unpaired) electrons. The van der Waals surface area contributed by atoms with Crippen LogP contribution in [0.25, 0.3) is 0 Å². The lowest BCUT2D eigenvalue weighted by molar-refractivity contribution is -0.143. The van der Waals surface area contributed by atoms with Crippen molar-refractivity contribution in [1.29, 1.82) is 0 Å². The van der Waals surface area contributed by atoms with E-state index in [9.17, 15) is 9.59 Å². The SMILES string of the molecule is COC(=O)CC1COCCC1NC(=O)OC(C)(C)C. The van der Waals surface area contributed by atoms with Crippen molar-refractivity contribution in [2.45, 2.75) is 45.3 Å². The number of alkyl carbamates (subject to hydrolysis) is 1. The molecule has 19 heavy (non-hydrogen) atoms. The summed E-state index contributed by atoms with van der Waals surface area (Å²) in [5, 5.41) is 2.81. The van der Waals surface area contributed by atoms with Crippen LogP contribution < -0.4 is 5.32 Å². The molecule has 1 heterocycles. The Morgan fingerprint density at radius 2 is 2.05 bits per heavy atom. The number of methoxy groups -OCH3 is 1. The lowest BCUT2D eigenvalue weighted by atomic mass is 9.93. The van der Waals surface area contributed by atoms with Crippen molar-refractivity contribution >= 4 is 12.1 Å². The largest absolute Gasteiger partial charge is 0.469 e. The van der Waals surface area contributed by atoms with Gasteiger partial charge in [-0.15, -0.1) is 0 Å². The van der Waals surface area contributed by atoms with Gasteiger partial charge < -0.3 is 19.5 Å². The highest BCUT2D eigenvalue weighted by Crippen LogP contribution is 2.19. The predicted molar refractivity (Wildman–Crippen MR) is 68.7 cm³/mol. The third kappa shape index (κ3) is 5.92. The van der Waals surface area contributed by atoms with E-state index in [0.717, 1.165) is 0 Å². The predicted octanol–water partition coefficient (Wildman–Crippen LogP) is 1.48. The summed E-state index contributed by atoms with van der Waals surface area (Å²) in [6, 6.07) is -0.123. The molecule has 0 aromatic heterocycles. The number of carbonyl (C=O) groups excluding carboxylic acids is 2. The van der Waals surface area contributed by atoms with Gasteiger partial charge in [0.2, 0.25) is 0 Å². The number of ether oxygens (including phenoxy) is 3. The number of carbonyl (C=O) groups is 2. The van der Waals surface area contributed by atoms with Gasteiger partial charge in [-0.2, -0.15) is 0 Å². The summed E-state index contributed by atoms with van der Waals surface area (Å²) >= 11 is 0. The molecular weight excluding hydrogens is 250 g/mol. The van der Waals surface area contributed by atoms with Crippen LogP contribution in [-0.4, -0.2) is 44.0 Å². The van der Waals surface area contributed by atoms with E-state index in [4.69, 9.17) is 9.47 Å². The topological polar surface area (TPSA) is 73.9 Å². The number of amides is 1. The zero-order chi connectivity index (χ0) is 14.5. The Hall–Kier alpha value is -1.30. The van der Waals surface area contributed by atoms with Crippen LogP contribution >= 0.6 is 0 Å². The van der Waals surface area contributed by atoms with Gasteiger partial charge in [-0.1, -0.05) is 0 Å². The molecule has 1 saturated heterocycles. The van der Waals surface area contributed by atoms with Gasteiger partial charge in [-0.3, -0.25) is 4.79 Å². The molecule has 0 bridgehead atoms. The van der Waals surface area contributed by atoms with Crippen LogP contribution in [0.3, 0.4) is 0 Å². The van der Waals surface area contributed by atoms with Crippen molar-refractivity contribution in [3.63, 3.8) is 0 Å². The molecular formula is C13H23NO5. The second-order valence-electron chi connectivity index (χ2n) is 5.66. The molecule has 0 aromatic rings. The van der Waals surface area contributed by atoms with Gasteiger partial charge in [-0.05, 0) is 27.2 Å². The molecule has 0 aromatic carbocycles. The maximum absolute atomic E-state index is 11.7. The average Bonchev–Trinajstić information content (AvgIpc) is 2.29. The minimum atomic E-state index is -0.535. The standard InChI is InChI=1S/C13H23NO5/c1-13(2,3)19-12(16)14-10-5-6-18-8-9(10)7-11(15)17-4/h9-10H,5-8H2,1-4H3,(H,14,16). The van der Waals surface area contributed by atoms with Crippen LogP contribution in [0.4, 0.5) is 4.79 Å². The van der Waals surface area contributed by atoms with E-state index in [1.807, 2.05) is 20.8 Å². The number of nitrogens with one attached hydrogen (secondary N) is 1. The Morgan fingerprint density at radius 1 is 1.37 bits per heavy atom. The van der Waals surface area contributed by atoms with Crippen LogP contribution in [0, 0.1) is 5.92 Å². The third-order valence-electron chi connectivity index (χ3n) is 2.83. The number of rotatable bonds is 3. The van der Waals surface area contributed by atoms with Crippen LogP contribution in [-0.2, 0) is 19.0 Å². The molecule has 6 heteroatoms. The Balaban J connectivity index is 2.52. The highest BCUT2D eigenvalue weighted by atomic mass is 16.6. The first-order chi connectivity index (χ1) is 8.81. The molecule has 6 nitrogen and oxygen atoms in total. The van der Waals surface area contributed by atoms with E-state index >= 15 is 0 Å². The zero-order valence-corrected chi connectivity index (χ0v) is 12.0. The second-order valence-corrected chi connectivity index (χ2v) is 5.66. The molecule has 1 rings (SSSR count). The summed E-state index contributed by atoms with van der Waals surface area (Å²) in [7, 11) is 1.35. The van der Waals surface area contributed by atoms with Gasteiger partial charge >= 0.3 is 12.1 Å². The van der Waals surface area contributed by atoms with Crippen molar-refractivity contribution in [3.05, 3.63) is 0 Å². The van der Waals surface area contributed by atoms with E-state index in [0.29, 0.717) is 19.6 Å². The summed E-state index contributed by atoms with van der Waals surface area (Å²) in [6.45, 7) is 6.43. The Bertz CT molecular complexity index is 323. The van der Waals surface area contributed by atoms with E-state index in [1.54, 1.807) is 0 Å². The highest BCUT2D eigenvalue weighted by molar-refractivity contribution is 5.70. The van der Waals surface area contributed by atoms with Crippen LogP contribution in [0.2, 0.25) is 0 Å². The fourth-order valence-electron chi connectivity index (χ4n) is 1.94. The van der Waals surface area contributed by atoms with E-state index in [1.165, 1.54) is 7.11 Å². The summed E-state index contributed by atoms with van der Waals surface area (Å²) < 4.78 is 15.2. The van der Waals surface area contributed by atoms with Gasteiger partial charge in [-0.25, -0.2) is 4.79 Å². The maximum atomic E-state index is 11.7. The summed E-state index contributed by atoms with van der Waals surface area (Å²) in [5.74, 6) is -0.375. The average molecular weight is 273 g/mol. The van der Waals surface area contributed by atoms with Crippen molar-refractivity contribution < 1.29 is 23.8 Å². The summed E-state index contributed by atoms with van der Waals surface area (Å²) in [4.78, 5) is 23.1. The Labute approximate surface area is 113 Å². The molecule has 1 aliphatic heterocycles. The van der Waals surface area contributed by atoms with E-state index < -0.39 is 11.7 Å². The van der Waals surface area contributed by atoms with Gasteiger partial charge in [0.15, 0.2) is 0 Å². The molecule has 2 unspecified atom stereocenters. The van der Waals surface area contributed by atoms with Gasteiger partial charge in [0, 0.05) is 18.6 Å². The molecule has 1 N–H and O–H groups in total. The lowest BCUT2D eigenvalue weighted by Gasteiger charge is -2.32. The van der Waals surface area contributed by atoms with Crippen molar-refractivity contribution in [3.8, 4) is 0 Å².